The maximum Gasteiger partial charge on any atom is 0.295 e. The molecule has 2 heterocycles. The minimum atomic E-state index is -0.649. The summed E-state index contributed by atoms with van der Waals surface area (Å²) in [5, 5.41) is 13.3. The van der Waals surface area contributed by atoms with E-state index in [0.29, 0.717) is 25.3 Å². The van der Waals surface area contributed by atoms with E-state index in [4.69, 9.17) is 9.47 Å². The van der Waals surface area contributed by atoms with E-state index >= 15 is 0 Å². The summed E-state index contributed by atoms with van der Waals surface area (Å²) in [7, 11) is 1.62. The normalized spacial score (nSPS) is 20.1. The highest BCUT2D eigenvalue weighted by atomic mass is 16.5. The van der Waals surface area contributed by atoms with Crippen molar-refractivity contribution in [2.45, 2.75) is 19.4 Å². The largest absolute Gasteiger partial charge is 0.507 e. The summed E-state index contributed by atoms with van der Waals surface area (Å²) in [5.74, 6) is -0.632. The minimum Gasteiger partial charge on any atom is -0.507 e. The van der Waals surface area contributed by atoms with Gasteiger partial charge in [0, 0.05) is 31.7 Å². The van der Waals surface area contributed by atoms with E-state index in [0.717, 1.165) is 53.7 Å². The van der Waals surface area contributed by atoms with Crippen molar-refractivity contribution in [3.63, 3.8) is 0 Å². The number of aryl methyl sites for hydroxylation is 1. The van der Waals surface area contributed by atoms with Gasteiger partial charge in [-0.3, -0.25) is 14.5 Å². The SMILES string of the molecule is COc1ccc2cc(/C(O)=C3\C(=O)C(=O)N(CCCN4CCOCC4)C3c3ccc(C)cc3)ccc2c1. The number of hydrogen-bond acceptors (Lipinski definition) is 6. The summed E-state index contributed by atoms with van der Waals surface area (Å²) < 4.78 is 10.7. The second-order valence-electron chi connectivity index (χ2n) is 9.64. The lowest BCUT2D eigenvalue weighted by atomic mass is 9.94. The molecule has 2 aliphatic rings. The Morgan fingerprint density at radius 3 is 2.41 bits per heavy atom. The van der Waals surface area contributed by atoms with Crippen molar-refractivity contribution in [3.05, 3.63) is 82.9 Å². The van der Waals surface area contributed by atoms with Gasteiger partial charge in [-0.2, -0.15) is 0 Å². The Morgan fingerprint density at radius 1 is 0.973 bits per heavy atom. The van der Waals surface area contributed by atoms with E-state index in [2.05, 4.69) is 4.90 Å². The summed E-state index contributed by atoms with van der Waals surface area (Å²) in [5.41, 5.74) is 2.52. The first-order chi connectivity index (χ1) is 18.0. The Morgan fingerprint density at radius 2 is 1.68 bits per heavy atom. The van der Waals surface area contributed by atoms with Crippen molar-refractivity contribution >= 4 is 28.2 Å². The fourth-order valence-corrected chi connectivity index (χ4v) is 5.15. The molecule has 1 unspecified atom stereocenters. The Labute approximate surface area is 216 Å². The molecule has 0 spiro atoms. The predicted octanol–water partition coefficient (Wildman–Crippen LogP) is 4.30. The van der Waals surface area contributed by atoms with Gasteiger partial charge in [-0.05, 0) is 47.9 Å². The number of methoxy groups -OCH3 is 1. The lowest BCUT2D eigenvalue weighted by Crippen LogP contribution is -2.38. The maximum absolute atomic E-state index is 13.3. The Kier molecular flexibility index (Phi) is 7.26. The number of ketones is 1. The summed E-state index contributed by atoms with van der Waals surface area (Å²) >= 11 is 0. The van der Waals surface area contributed by atoms with E-state index in [1.165, 1.54) is 0 Å². The van der Waals surface area contributed by atoms with Crippen LogP contribution in [0.4, 0.5) is 0 Å². The molecule has 2 fully saturated rings. The third-order valence-electron chi connectivity index (χ3n) is 7.23. The summed E-state index contributed by atoms with van der Waals surface area (Å²) in [6, 6.07) is 18.3. The first kappa shape index (κ1) is 25.0. The number of likely N-dealkylation sites (tertiary alicyclic amines) is 1. The van der Waals surface area contributed by atoms with Gasteiger partial charge < -0.3 is 19.5 Å². The number of carbonyl (C=O) groups is 2. The monoisotopic (exact) mass is 500 g/mol. The van der Waals surface area contributed by atoms with Crippen LogP contribution in [-0.2, 0) is 14.3 Å². The predicted molar refractivity (Wildman–Crippen MR) is 143 cm³/mol. The molecule has 1 N–H and O–H groups in total. The molecule has 1 atom stereocenters. The number of carbonyl (C=O) groups excluding carboxylic acids is 2. The topological polar surface area (TPSA) is 79.3 Å². The van der Waals surface area contributed by atoms with Gasteiger partial charge in [0.1, 0.15) is 11.5 Å². The van der Waals surface area contributed by atoms with Crippen LogP contribution in [0, 0.1) is 6.92 Å². The number of Topliss-reactive ketones (excluding diaryl/α,β-unsaturated/α-hetero) is 1. The van der Waals surface area contributed by atoms with E-state index < -0.39 is 17.7 Å². The zero-order valence-electron chi connectivity index (χ0n) is 21.3. The average Bonchev–Trinajstić information content (AvgIpc) is 3.18. The van der Waals surface area contributed by atoms with E-state index in [-0.39, 0.29) is 11.3 Å². The number of benzene rings is 3. The number of fused-ring (bicyclic) bond motifs is 1. The number of rotatable bonds is 7. The lowest BCUT2D eigenvalue weighted by molar-refractivity contribution is -0.140. The third kappa shape index (κ3) is 5.10. The molecular weight excluding hydrogens is 468 g/mol. The van der Waals surface area contributed by atoms with Gasteiger partial charge in [-0.1, -0.05) is 48.0 Å². The number of nitrogens with zero attached hydrogens (tertiary/aromatic N) is 2. The standard InChI is InChI=1S/C30H32N2O5/c1-20-4-6-21(7-5-20)27-26(28(33)24-9-8-23-19-25(36-2)11-10-22(23)18-24)29(34)30(35)32(27)13-3-12-31-14-16-37-17-15-31/h4-11,18-19,27,33H,3,12-17H2,1-2H3/b28-26+. The molecule has 0 radical (unpaired) electrons. The van der Waals surface area contributed by atoms with Crippen LogP contribution >= 0.6 is 0 Å². The van der Waals surface area contributed by atoms with Gasteiger partial charge in [0.15, 0.2) is 0 Å². The molecule has 0 aromatic heterocycles. The average molecular weight is 501 g/mol. The molecule has 0 saturated carbocycles. The smallest absolute Gasteiger partial charge is 0.295 e. The van der Waals surface area contributed by atoms with E-state index in [1.807, 2.05) is 61.5 Å². The number of ether oxygens (including phenoxy) is 2. The van der Waals surface area contributed by atoms with Crippen LogP contribution in [0.25, 0.3) is 16.5 Å². The molecule has 5 rings (SSSR count). The molecule has 37 heavy (non-hydrogen) atoms. The third-order valence-corrected chi connectivity index (χ3v) is 7.23. The molecule has 3 aromatic carbocycles. The second-order valence-corrected chi connectivity index (χ2v) is 9.64. The van der Waals surface area contributed by atoms with E-state index in [9.17, 15) is 14.7 Å². The van der Waals surface area contributed by atoms with Crippen molar-refractivity contribution < 1.29 is 24.2 Å². The molecule has 0 aliphatic carbocycles. The molecule has 3 aromatic rings. The van der Waals surface area contributed by atoms with Gasteiger partial charge in [0.25, 0.3) is 11.7 Å². The lowest BCUT2D eigenvalue weighted by Gasteiger charge is -2.29. The van der Waals surface area contributed by atoms with Gasteiger partial charge in [-0.25, -0.2) is 0 Å². The van der Waals surface area contributed by atoms with Crippen LogP contribution in [-0.4, -0.2) is 73.1 Å². The molecule has 192 valence electrons. The fraction of sp³-hybridized carbons (Fsp3) is 0.333. The van der Waals surface area contributed by atoms with Crippen LogP contribution in [0.3, 0.4) is 0 Å². The molecule has 7 heteroatoms. The number of morpholine rings is 1. The summed E-state index contributed by atoms with van der Waals surface area (Å²) in [6.07, 6.45) is 0.729. The highest BCUT2D eigenvalue weighted by Gasteiger charge is 2.45. The molecule has 2 aliphatic heterocycles. The molecule has 1 amide bonds. The number of amides is 1. The second kappa shape index (κ2) is 10.7. The van der Waals surface area contributed by atoms with Crippen molar-refractivity contribution in [2.75, 3.05) is 46.5 Å². The Bertz CT molecular complexity index is 1340. The van der Waals surface area contributed by atoms with Crippen LogP contribution in [0.5, 0.6) is 5.75 Å². The molecular formula is C30H32N2O5. The summed E-state index contributed by atoms with van der Waals surface area (Å²) in [6.45, 7) is 6.41. The van der Waals surface area contributed by atoms with Gasteiger partial charge in [0.2, 0.25) is 0 Å². The zero-order valence-corrected chi connectivity index (χ0v) is 21.3. The fourth-order valence-electron chi connectivity index (χ4n) is 5.15. The van der Waals surface area contributed by atoms with Crippen LogP contribution in [0.1, 0.15) is 29.2 Å². The van der Waals surface area contributed by atoms with Crippen LogP contribution in [0.2, 0.25) is 0 Å². The zero-order chi connectivity index (χ0) is 25.9. The van der Waals surface area contributed by atoms with Gasteiger partial charge in [-0.15, -0.1) is 0 Å². The molecule has 7 nitrogen and oxygen atoms in total. The molecule has 0 bridgehead atoms. The number of hydrogen-bond donors (Lipinski definition) is 1. The van der Waals surface area contributed by atoms with Crippen molar-refractivity contribution in [3.8, 4) is 5.75 Å². The van der Waals surface area contributed by atoms with Crippen molar-refractivity contribution in [1.82, 2.24) is 9.80 Å². The first-order valence-electron chi connectivity index (χ1n) is 12.7. The minimum absolute atomic E-state index is 0.132. The quantitative estimate of drug-likeness (QED) is 0.296. The van der Waals surface area contributed by atoms with Gasteiger partial charge >= 0.3 is 0 Å². The highest BCUT2D eigenvalue weighted by molar-refractivity contribution is 6.46. The van der Waals surface area contributed by atoms with Gasteiger partial charge in [0.05, 0.1) is 31.9 Å². The van der Waals surface area contributed by atoms with Crippen LogP contribution < -0.4 is 4.74 Å². The van der Waals surface area contributed by atoms with Crippen molar-refractivity contribution in [2.24, 2.45) is 0 Å². The Balaban J connectivity index is 1.50. The Hall–Kier alpha value is -3.68. The maximum atomic E-state index is 13.3. The number of aliphatic hydroxyl groups excluding tert-OH is 1. The first-order valence-corrected chi connectivity index (χ1v) is 12.7. The number of aliphatic hydroxyl groups is 1. The molecule has 2 saturated heterocycles. The van der Waals surface area contributed by atoms with Crippen LogP contribution in [0.15, 0.2) is 66.2 Å². The van der Waals surface area contributed by atoms with E-state index in [1.54, 1.807) is 18.1 Å². The van der Waals surface area contributed by atoms with Crippen molar-refractivity contribution in [1.29, 1.82) is 0 Å². The summed E-state index contributed by atoms with van der Waals surface area (Å²) in [4.78, 5) is 30.5. The highest BCUT2D eigenvalue weighted by Crippen LogP contribution is 2.40.